The number of hydrogen-bond donors (Lipinski definition) is 1. The quantitative estimate of drug-likeness (QED) is 0.256. The van der Waals surface area contributed by atoms with Gasteiger partial charge in [-0.2, -0.15) is 0 Å². The lowest BCUT2D eigenvalue weighted by Crippen LogP contribution is -2.06. The second kappa shape index (κ2) is 10.9. The molecule has 1 aromatic heterocycles. The van der Waals surface area contributed by atoms with Gasteiger partial charge in [0.15, 0.2) is 0 Å². The monoisotopic (exact) mass is 440 g/mol. The van der Waals surface area contributed by atoms with Gasteiger partial charge in [-0.05, 0) is 35.4 Å². The number of rotatable bonds is 10. The van der Waals surface area contributed by atoms with Crippen molar-refractivity contribution in [1.82, 2.24) is 4.98 Å². The number of ether oxygens (including phenoxy) is 1. The average molecular weight is 440 g/mol. The molecule has 6 nitrogen and oxygen atoms in total. The van der Waals surface area contributed by atoms with E-state index in [1.54, 1.807) is 0 Å². The number of carboxylic acid groups (broad SMARTS) is 1. The molecule has 6 heteroatoms. The molecule has 0 bridgehead atoms. The molecule has 0 saturated carbocycles. The van der Waals surface area contributed by atoms with Crippen LogP contribution in [0.2, 0.25) is 0 Å². The maximum atomic E-state index is 11.0. The van der Waals surface area contributed by atoms with Gasteiger partial charge in [0.2, 0.25) is 0 Å². The standard InChI is InChI=1S/C27H24N2O4/c30-27(31)17-16-26(21-6-2-1-3-7-21)29-33-18-20-10-14-24(15-11-20)32-19-23-13-12-22-8-4-5-9-25(22)28-23/h1-15H,16-19H2,(H,30,31)/b29-26+. The number of para-hydroxylation sites is 1. The Morgan fingerprint density at radius 3 is 2.36 bits per heavy atom. The summed E-state index contributed by atoms with van der Waals surface area (Å²) in [5, 5.41) is 14.3. The molecular weight excluding hydrogens is 416 g/mol. The van der Waals surface area contributed by atoms with Gasteiger partial charge in [0.1, 0.15) is 19.0 Å². The highest BCUT2D eigenvalue weighted by Gasteiger charge is 2.08. The summed E-state index contributed by atoms with van der Waals surface area (Å²) in [7, 11) is 0. The van der Waals surface area contributed by atoms with Crippen molar-refractivity contribution in [2.75, 3.05) is 0 Å². The molecule has 1 heterocycles. The fraction of sp³-hybridized carbons (Fsp3) is 0.148. The van der Waals surface area contributed by atoms with Crippen molar-refractivity contribution in [2.24, 2.45) is 5.16 Å². The van der Waals surface area contributed by atoms with Gasteiger partial charge in [0.05, 0.1) is 23.3 Å². The number of carboxylic acids is 1. The Morgan fingerprint density at radius 2 is 1.58 bits per heavy atom. The molecule has 4 aromatic rings. The van der Waals surface area contributed by atoms with Crippen LogP contribution in [0, 0.1) is 0 Å². The molecule has 3 aromatic carbocycles. The van der Waals surface area contributed by atoms with Gasteiger partial charge in [-0.3, -0.25) is 4.79 Å². The molecule has 0 saturated heterocycles. The SMILES string of the molecule is O=C(O)CC/C(=N\OCc1ccc(OCc2ccc3ccccc3n2)cc1)c1ccccc1. The summed E-state index contributed by atoms with van der Waals surface area (Å²) in [5.41, 5.74) is 4.21. The van der Waals surface area contributed by atoms with E-state index < -0.39 is 5.97 Å². The molecule has 166 valence electrons. The molecule has 0 aliphatic heterocycles. The Labute approximate surface area is 192 Å². The second-order valence-corrected chi connectivity index (χ2v) is 7.50. The molecule has 0 amide bonds. The molecule has 0 fully saturated rings. The first-order chi connectivity index (χ1) is 16.2. The molecular formula is C27H24N2O4. The van der Waals surface area contributed by atoms with E-state index in [1.165, 1.54) is 0 Å². The van der Waals surface area contributed by atoms with Crippen molar-refractivity contribution < 1.29 is 19.5 Å². The van der Waals surface area contributed by atoms with Crippen LogP contribution in [0.15, 0.2) is 96.2 Å². The third kappa shape index (κ3) is 6.40. The largest absolute Gasteiger partial charge is 0.487 e. The Balaban J connectivity index is 1.33. The molecule has 0 unspecified atom stereocenters. The number of aromatic nitrogens is 1. The van der Waals surface area contributed by atoms with Crippen molar-refractivity contribution in [2.45, 2.75) is 26.1 Å². The van der Waals surface area contributed by atoms with Gasteiger partial charge in [-0.25, -0.2) is 4.98 Å². The summed E-state index contributed by atoms with van der Waals surface area (Å²) in [6.07, 6.45) is 0.296. The maximum absolute atomic E-state index is 11.0. The van der Waals surface area contributed by atoms with Gasteiger partial charge in [0, 0.05) is 11.8 Å². The highest BCUT2D eigenvalue weighted by Crippen LogP contribution is 2.17. The van der Waals surface area contributed by atoms with Crippen LogP contribution < -0.4 is 4.74 Å². The predicted molar refractivity (Wildman–Crippen MR) is 127 cm³/mol. The molecule has 0 spiro atoms. The van der Waals surface area contributed by atoms with Crippen LogP contribution in [0.25, 0.3) is 10.9 Å². The van der Waals surface area contributed by atoms with Crippen LogP contribution in [0.1, 0.15) is 29.7 Å². The van der Waals surface area contributed by atoms with Crippen LogP contribution in [0.5, 0.6) is 5.75 Å². The number of fused-ring (bicyclic) bond motifs is 1. The van der Waals surface area contributed by atoms with E-state index in [2.05, 4.69) is 10.1 Å². The van der Waals surface area contributed by atoms with Crippen LogP contribution in [-0.4, -0.2) is 21.8 Å². The van der Waals surface area contributed by atoms with E-state index in [4.69, 9.17) is 14.7 Å². The van der Waals surface area contributed by atoms with Crippen LogP contribution in [0.3, 0.4) is 0 Å². The van der Waals surface area contributed by atoms with Gasteiger partial charge in [0.25, 0.3) is 0 Å². The van der Waals surface area contributed by atoms with E-state index in [0.29, 0.717) is 18.7 Å². The highest BCUT2D eigenvalue weighted by atomic mass is 16.6. The van der Waals surface area contributed by atoms with Gasteiger partial charge < -0.3 is 14.7 Å². The number of pyridine rings is 1. The van der Waals surface area contributed by atoms with E-state index in [0.717, 1.165) is 33.5 Å². The minimum absolute atomic E-state index is 0.00477. The van der Waals surface area contributed by atoms with E-state index in [9.17, 15) is 4.79 Å². The normalized spacial score (nSPS) is 11.3. The predicted octanol–water partition coefficient (Wildman–Crippen LogP) is 5.60. The van der Waals surface area contributed by atoms with Crippen molar-refractivity contribution in [3.63, 3.8) is 0 Å². The Kier molecular flexibility index (Phi) is 7.28. The van der Waals surface area contributed by atoms with Gasteiger partial charge in [-0.15, -0.1) is 0 Å². The summed E-state index contributed by atoms with van der Waals surface area (Å²) in [6.45, 7) is 0.658. The first-order valence-corrected chi connectivity index (χ1v) is 10.7. The number of nitrogens with zero attached hydrogens (tertiary/aromatic N) is 2. The van der Waals surface area contributed by atoms with Crippen molar-refractivity contribution >= 4 is 22.6 Å². The Morgan fingerprint density at radius 1 is 0.818 bits per heavy atom. The lowest BCUT2D eigenvalue weighted by atomic mass is 10.1. The molecule has 0 aliphatic carbocycles. The topological polar surface area (TPSA) is 81.0 Å². The first-order valence-electron chi connectivity index (χ1n) is 10.7. The maximum Gasteiger partial charge on any atom is 0.303 e. The molecule has 33 heavy (non-hydrogen) atoms. The first kappa shape index (κ1) is 22.0. The number of oxime groups is 1. The second-order valence-electron chi connectivity index (χ2n) is 7.50. The Hall–Kier alpha value is -4.19. The van der Waals surface area contributed by atoms with Gasteiger partial charge >= 0.3 is 5.97 Å². The third-order valence-electron chi connectivity index (χ3n) is 5.05. The number of hydrogen-bond acceptors (Lipinski definition) is 5. The number of carbonyl (C=O) groups is 1. The number of benzene rings is 3. The molecule has 1 N–H and O–H groups in total. The molecule has 0 aliphatic rings. The number of aliphatic carboxylic acids is 1. The Bertz CT molecular complexity index is 1240. The van der Waals surface area contributed by atoms with E-state index in [1.807, 2.05) is 91.0 Å². The van der Waals surface area contributed by atoms with E-state index in [-0.39, 0.29) is 13.0 Å². The van der Waals surface area contributed by atoms with Crippen molar-refractivity contribution in [3.8, 4) is 5.75 Å². The van der Waals surface area contributed by atoms with Crippen LogP contribution >= 0.6 is 0 Å². The van der Waals surface area contributed by atoms with E-state index >= 15 is 0 Å². The smallest absolute Gasteiger partial charge is 0.303 e. The zero-order chi connectivity index (χ0) is 22.9. The third-order valence-corrected chi connectivity index (χ3v) is 5.05. The highest BCUT2D eigenvalue weighted by molar-refractivity contribution is 6.01. The molecule has 0 atom stereocenters. The minimum atomic E-state index is -0.867. The van der Waals surface area contributed by atoms with Crippen LogP contribution in [-0.2, 0) is 22.8 Å². The van der Waals surface area contributed by atoms with Gasteiger partial charge in [-0.1, -0.05) is 71.9 Å². The minimum Gasteiger partial charge on any atom is -0.487 e. The zero-order valence-electron chi connectivity index (χ0n) is 18.1. The average Bonchev–Trinajstić information content (AvgIpc) is 2.86. The van der Waals surface area contributed by atoms with Crippen molar-refractivity contribution in [1.29, 1.82) is 0 Å². The van der Waals surface area contributed by atoms with Crippen LogP contribution in [0.4, 0.5) is 0 Å². The summed E-state index contributed by atoms with van der Waals surface area (Å²) < 4.78 is 5.86. The summed E-state index contributed by atoms with van der Waals surface area (Å²) in [4.78, 5) is 21.1. The molecule has 4 rings (SSSR count). The molecule has 0 radical (unpaired) electrons. The lowest BCUT2D eigenvalue weighted by molar-refractivity contribution is -0.136. The lowest BCUT2D eigenvalue weighted by Gasteiger charge is -2.08. The van der Waals surface area contributed by atoms with Crippen molar-refractivity contribution in [3.05, 3.63) is 108 Å². The fourth-order valence-electron chi connectivity index (χ4n) is 3.31. The zero-order valence-corrected chi connectivity index (χ0v) is 18.1. The summed E-state index contributed by atoms with van der Waals surface area (Å²) >= 11 is 0. The summed E-state index contributed by atoms with van der Waals surface area (Å²) in [5.74, 6) is -0.128. The summed E-state index contributed by atoms with van der Waals surface area (Å²) in [6, 6.07) is 29.0. The fourth-order valence-corrected chi connectivity index (χ4v) is 3.31.